The molecule has 1 atom stereocenters. The topological polar surface area (TPSA) is 59.1 Å². The van der Waals surface area contributed by atoms with Crippen LogP contribution in [0.2, 0.25) is 5.02 Å². The Morgan fingerprint density at radius 2 is 2.00 bits per heavy atom. The molecule has 6 heteroatoms. The van der Waals surface area contributed by atoms with Crippen LogP contribution in [0, 0.1) is 0 Å². The van der Waals surface area contributed by atoms with Gasteiger partial charge in [0, 0.05) is 12.6 Å². The first-order valence-corrected chi connectivity index (χ1v) is 7.18. The van der Waals surface area contributed by atoms with Crippen LogP contribution in [-0.4, -0.2) is 23.6 Å². The lowest BCUT2D eigenvalue weighted by Gasteiger charge is -2.16. The molecule has 2 rings (SSSR count). The van der Waals surface area contributed by atoms with Gasteiger partial charge < -0.3 is 15.4 Å². The van der Waals surface area contributed by atoms with Gasteiger partial charge in [-0.2, -0.15) is 4.98 Å². The van der Waals surface area contributed by atoms with Crippen LogP contribution in [0.1, 0.15) is 25.5 Å². The zero-order chi connectivity index (χ0) is 15.2. The summed E-state index contributed by atoms with van der Waals surface area (Å²) in [5.41, 5.74) is 1.12. The first-order valence-electron chi connectivity index (χ1n) is 6.81. The van der Waals surface area contributed by atoms with Crippen molar-refractivity contribution in [1.29, 1.82) is 0 Å². The molecule has 0 aliphatic rings. The van der Waals surface area contributed by atoms with Crippen molar-refractivity contribution in [2.24, 2.45) is 0 Å². The van der Waals surface area contributed by atoms with Gasteiger partial charge in [-0.15, -0.1) is 0 Å². The fraction of sp³-hybridized carbons (Fsp3) is 0.333. The van der Waals surface area contributed by atoms with Gasteiger partial charge >= 0.3 is 0 Å². The summed E-state index contributed by atoms with van der Waals surface area (Å²) in [6.45, 7) is 4.80. The number of hydrogen-bond donors (Lipinski definition) is 2. The van der Waals surface area contributed by atoms with Crippen molar-refractivity contribution in [3.05, 3.63) is 41.0 Å². The number of ether oxygens (including phenoxy) is 1. The lowest BCUT2D eigenvalue weighted by molar-refractivity contribution is 0.414. The highest BCUT2D eigenvalue weighted by Crippen LogP contribution is 2.25. The lowest BCUT2D eigenvalue weighted by atomic mass is 10.1. The SMILES string of the molecule is CCNc1ncc(Cl)c(NC(C)c2ccc(OC)cc2)n1. The molecule has 0 aliphatic carbocycles. The average molecular weight is 307 g/mol. The van der Waals surface area contributed by atoms with Gasteiger partial charge in [0.05, 0.1) is 13.3 Å². The van der Waals surface area contributed by atoms with Crippen LogP contribution in [0.4, 0.5) is 11.8 Å². The molecule has 0 radical (unpaired) electrons. The number of methoxy groups -OCH3 is 1. The van der Waals surface area contributed by atoms with E-state index in [-0.39, 0.29) is 6.04 Å². The van der Waals surface area contributed by atoms with Crippen molar-refractivity contribution < 1.29 is 4.74 Å². The van der Waals surface area contributed by atoms with Crippen LogP contribution in [0.3, 0.4) is 0 Å². The van der Waals surface area contributed by atoms with Crippen molar-refractivity contribution in [2.75, 3.05) is 24.3 Å². The maximum Gasteiger partial charge on any atom is 0.224 e. The molecule has 0 saturated carbocycles. The van der Waals surface area contributed by atoms with Crippen LogP contribution < -0.4 is 15.4 Å². The first-order chi connectivity index (χ1) is 10.1. The summed E-state index contributed by atoms with van der Waals surface area (Å²) in [6.07, 6.45) is 1.59. The van der Waals surface area contributed by atoms with Crippen LogP contribution in [-0.2, 0) is 0 Å². The van der Waals surface area contributed by atoms with Crippen molar-refractivity contribution in [2.45, 2.75) is 19.9 Å². The van der Waals surface area contributed by atoms with E-state index in [1.807, 2.05) is 38.1 Å². The van der Waals surface area contributed by atoms with E-state index in [0.29, 0.717) is 16.8 Å². The maximum atomic E-state index is 6.14. The number of nitrogens with zero attached hydrogens (tertiary/aromatic N) is 2. The zero-order valence-corrected chi connectivity index (χ0v) is 13.1. The Morgan fingerprint density at radius 1 is 1.29 bits per heavy atom. The van der Waals surface area contributed by atoms with Crippen LogP contribution in [0.15, 0.2) is 30.5 Å². The monoisotopic (exact) mass is 306 g/mol. The molecule has 112 valence electrons. The third kappa shape index (κ3) is 3.98. The van der Waals surface area contributed by atoms with Gasteiger partial charge in [0.1, 0.15) is 10.8 Å². The number of halogens is 1. The van der Waals surface area contributed by atoms with E-state index in [2.05, 4.69) is 20.6 Å². The molecule has 1 heterocycles. The summed E-state index contributed by atoms with van der Waals surface area (Å²) >= 11 is 6.14. The van der Waals surface area contributed by atoms with E-state index in [1.165, 1.54) is 0 Å². The second-order valence-electron chi connectivity index (χ2n) is 4.56. The Labute approximate surface area is 129 Å². The summed E-state index contributed by atoms with van der Waals surface area (Å²) in [4.78, 5) is 8.49. The number of aromatic nitrogens is 2. The van der Waals surface area contributed by atoms with Crippen LogP contribution >= 0.6 is 11.6 Å². The summed E-state index contributed by atoms with van der Waals surface area (Å²) < 4.78 is 5.16. The van der Waals surface area contributed by atoms with Gasteiger partial charge in [0.2, 0.25) is 5.95 Å². The molecule has 0 amide bonds. The molecular weight excluding hydrogens is 288 g/mol. The molecule has 21 heavy (non-hydrogen) atoms. The van der Waals surface area contributed by atoms with Crippen molar-refractivity contribution >= 4 is 23.4 Å². The quantitative estimate of drug-likeness (QED) is 0.851. The van der Waals surface area contributed by atoms with E-state index >= 15 is 0 Å². The molecule has 5 nitrogen and oxygen atoms in total. The molecule has 0 spiro atoms. The normalized spacial score (nSPS) is 11.8. The third-order valence-corrected chi connectivity index (χ3v) is 3.32. The molecule has 0 bridgehead atoms. The third-order valence-electron chi connectivity index (χ3n) is 3.05. The highest BCUT2D eigenvalue weighted by atomic mass is 35.5. The molecule has 2 N–H and O–H groups in total. The van der Waals surface area contributed by atoms with E-state index in [4.69, 9.17) is 16.3 Å². The maximum absolute atomic E-state index is 6.14. The van der Waals surface area contributed by atoms with Crippen LogP contribution in [0.25, 0.3) is 0 Å². The Bertz CT molecular complexity index is 589. The van der Waals surface area contributed by atoms with Crippen molar-refractivity contribution in [3.63, 3.8) is 0 Å². The number of anilines is 2. The molecule has 1 aromatic carbocycles. The lowest BCUT2D eigenvalue weighted by Crippen LogP contribution is -2.10. The highest BCUT2D eigenvalue weighted by Gasteiger charge is 2.10. The predicted molar refractivity (Wildman–Crippen MR) is 86.2 cm³/mol. The Hall–Kier alpha value is -2.01. The molecule has 0 fully saturated rings. The molecule has 2 aromatic rings. The summed E-state index contributed by atoms with van der Waals surface area (Å²) in [7, 11) is 1.65. The molecule has 1 aromatic heterocycles. The van der Waals surface area contributed by atoms with Gasteiger partial charge in [-0.05, 0) is 31.5 Å². The Morgan fingerprint density at radius 3 is 2.62 bits per heavy atom. The van der Waals surface area contributed by atoms with E-state index in [9.17, 15) is 0 Å². The largest absolute Gasteiger partial charge is 0.497 e. The van der Waals surface area contributed by atoms with E-state index in [1.54, 1.807) is 13.3 Å². The number of rotatable bonds is 6. The summed E-state index contributed by atoms with van der Waals surface area (Å²) in [5, 5.41) is 6.86. The number of benzene rings is 1. The number of nitrogens with one attached hydrogen (secondary N) is 2. The van der Waals surface area contributed by atoms with Crippen molar-refractivity contribution in [1.82, 2.24) is 9.97 Å². The molecule has 0 aliphatic heterocycles. The van der Waals surface area contributed by atoms with E-state index in [0.717, 1.165) is 17.9 Å². The second-order valence-corrected chi connectivity index (χ2v) is 4.97. The standard InChI is InChI=1S/C15H19ClN4O/c1-4-17-15-18-9-13(16)14(20-15)19-10(2)11-5-7-12(21-3)8-6-11/h5-10H,4H2,1-3H3,(H2,17,18,19,20). The fourth-order valence-corrected chi connectivity index (χ4v) is 2.04. The van der Waals surface area contributed by atoms with Gasteiger partial charge in [-0.25, -0.2) is 4.98 Å². The van der Waals surface area contributed by atoms with Gasteiger partial charge in [-0.1, -0.05) is 23.7 Å². The predicted octanol–water partition coefficient (Wildman–Crippen LogP) is 3.74. The Balaban J connectivity index is 2.14. The minimum atomic E-state index is 0.0674. The minimum Gasteiger partial charge on any atom is -0.497 e. The van der Waals surface area contributed by atoms with Crippen LogP contribution in [0.5, 0.6) is 5.75 Å². The average Bonchev–Trinajstić information content (AvgIpc) is 2.51. The molecule has 0 saturated heterocycles. The Kier molecular flexibility index (Phi) is 5.22. The first kappa shape index (κ1) is 15.4. The van der Waals surface area contributed by atoms with E-state index < -0.39 is 0 Å². The molecular formula is C15H19ClN4O. The summed E-state index contributed by atoms with van der Waals surface area (Å²) in [6, 6.07) is 7.95. The smallest absolute Gasteiger partial charge is 0.224 e. The van der Waals surface area contributed by atoms with Gasteiger partial charge in [0.25, 0.3) is 0 Å². The zero-order valence-electron chi connectivity index (χ0n) is 12.4. The summed E-state index contributed by atoms with van der Waals surface area (Å²) in [5.74, 6) is 2.01. The second kappa shape index (κ2) is 7.13. The van der Waals surface area contributed by atoms with Crippen molar-refractivity contribution in [3.8, 4) is 5.75 Å². The number of hydrogen-bond acceptors (Lipinski definition) is 5. The van der Waals surface area contributed by atoms with Gasteiger partial charge in [0.15, 0.2) is 5.82 Å². The minimum absolute atomic E-state index is 0.0674. The molecule has 1 unspecified atom stereocenters. The highest BCUT2D eigenvalue weighted by molar-refractivity contribution is 6.32. The fourth-order valence-electron chi connectivity index (χ4n) is 1.89. The van der Waals surface area contributed by atoms with Gasteiger partial charge in [-0.3, -0.25) is 0 Å².